The van der Waals surface area contributed by atoms with Gasteiger partial charge in [0, 0.05) is 21.7 Å². The molecule has 2 N–H and O–H groups in total. The molecule has 0 saturated heterocycles. The molecule has 17 heavy (non-hydrogen) atoms. The monoisotopic (exact) mass is 368 g/mol. The molecule has 0 aromatic heterocycles. The van der Waals surface area contributed by atoms with Crippen LogP contribution in [0.3, 0.4) is 0 Å². The van der Waals surface area contributed by atoms with Crippen LogP contribution in [0.5, 0.6) is 0 Å². The number of benzene rings is 1. The maximum Gasteiger partial charge on any atom is 0.251 e. The second kappa shape index (κ2) is 7.89. The van der Waals surface area contributed by atoms with E-state index in [-0.39, 0.29) is 24.4 Å². The van der Waals surface area contributed by atoms with Gasteiger partial charge in [-0.25, -0.2) is 0 Å². The topological polar surface area (TPSA) is 41.1 Å². The Bertz CT molecular complexity index is 385. The zero-order valence-corrected chi connectivity index (χ0v) is 13.2. The smallest absolute Gasteiger partial charge is 0.251 e. The first kappa shape index (κ1) is 16.7. The minimum atomic E-state index is -0.0139. The van der Waals surface area contributed by atoms with Gasteiger partial charge < -0.3 is 10.6 Å². The van der Waals surface area contributed by atoms with Crippen molar-refractivity contribution in [3.05, 3.63) is 32.9 Å². The number of carbonyl (C=O) groups excluding carboxylic acids is 1. The van der Waals surface area contributed by atoms with Crippen molar-refractivity contribution >= 4 is 40.9 Å². The van der Waals surface area contributed by atoms with Gasteiger partial charge in [0.05, 0.1) is 0 Å². The van der Waals surface area contributed by atoms with E-state index in [0.717, 1.165) is 9.13 Å². The van der Waals surface area contributed by atoms with Crippen LogP contribution in [0.25, 0.3) is 0 Å². The molecular formula is C12H18ClIN2O. The average Bonchev–Trinajstić information content (AvgIpc) is 2.29. The summed E-state index contributed by atoms with van der Waals surface area (Å²) in [6.07, 6.45) is 0. The summed E-state index contributed by atoms with van der Waals surface area (Å²) in [4.78, 5) is 11.8. The number of likely N-dealkylation sites (N-methyl/N-ethyl adjacent to an activating group) is 1. The first-order chi connectivity index (χ1) is 7.54. The fourth-order valence-corrected chi connectivity index (χ4v) is 1.70. The number of nitrogens with one attached hydrogen (secondary N) is 2. The van der Waals surface area contributed by atoms with Crippen molar-refractivity contribution < 1.29 is 4.79 Å². The number of halogens is 2. The largest absolute Gasteiger partial charge is 0.350 e. The van der Waals surface area contributed by atoms with Crippen molar-refractivity contribution in [2.45, 2.75) is 19.9 Å². The number of aryl methyl sites for hydroxylation is 1. The molecule has 0 radical (unpaired) electrons. The van der Waals surface area contributed by atoms with E-state index in [2.05, 4.69) is 33.2 Å². The Hall–Kier alpha value is -0.330. The lowest BCUT2D eigenvalue weighted by Crippen LogP contribution is -2.37. The van der Waals surface area contributed by atoms with Crippen LogP contribution >= 0.6 is 35.0 Å². The number of rotatable bonds is 4. The molecule has 1 rings (SSSR count). The van der Waals surface area contributed by atoms with Gasteiger partial charge >= 0.3 is 0 Å². The van der Waals surface area contributed by atoms with Gasteiger partial charge in [0.2, 0.25) is 0 Å². The second-order valence-corrected chi connectivity index (χ2v) is 5.03. The molecule has 1 amide bonds. The molecule has 0 aliphatic rings. The molecule has 5 heteroatoms. The lowest BCUT2D eigenvalue weighted by molar-refractivity contribution is 0.0950. The minimum Gasteiger partial charge on any atom is -0.350 e. The van der Waals surface area contributed by atoms with Crippen molar-refractivity contribution in [3.63, 3.8) is 0 Å². The Morgan fingerprint density at radius 2 is 2.12 bits per heavy atom. The summed E-state index contributed by atoms with van der Waals surface area (Å²) in [5, 5.41) is 5.97. The minimum absolute atomic E-state index is 0. The van der Waals surface area contributed by atoms with Crippen LogP contribution in [-0.2, 0) is 0 Å². The van der Waals surface area contributed by atoms with Gasteiger partial charge in [-0.3, -0.25) is 4.79 Å². The van der Waals surface area contributed by atoms with Gasteiger partial charge in [-0.05, 0) is 61.2 Å². The quantitative estimate of drug-likeness (QED) is 0.801. The summed E-state index contributed by atoms with van der Waals surface area (Å²) in [5.41, 5.74) is 1.92. The second-order valence-electron chi connectivity index (χ2n) is 3.86. The van der Waals surface area contributed by atoms with Gasteiger partial charge in [-0.1, -0.05) is 6.07 Å². The predicted octanol–water partition coefficient (Wildman–Crippen LogP) is 2.36. The third-order valence-corrected chi connectivity index (χ3v) is 3.66. The molecule has 1 unspecified atom stereocenters. The van der Waals surface area contributed by atoms with Crippen molar-refractivity contribution in [2.24, 2.45) is 0 Å². The van der Waals surface area contributed by atoms with E-state index in [1.165, 1.54) is 5.56 Å². The van der Waals surface area contributed by atoms with Gasteiger partial charge in [-0.2, -0.15) is 0 Å². The summed E-state index contributed by atoms with van der Waals surface area (Å²) in [6, 6.07) is 6.03. The predicted molar refractivity (Wildman–Crippen MR) is 82.0 cm³/mol. The highest BCUT2D eigenvalue weighted by Crippen LogP contribution is 2.13. The lowest BCUT2D eigenvalue weighted by atomic mass is 10.1. The van der Waals surface area contributed by atoms with Crippen LogP contribution < -0.4 is 10.6 Å². The van der Waals surface area contributed by atoms with E-state index in [1.807, 2.05) is 39.1 Å². The van der Waals surface area contributed by atoms with Crippen molar-refractivity contribution in [1.29, 1.82) is 0 Å². The third-order valence-electron chi connectivity index (χ3n) is 2.50. The van der Waals surface area contributed by atoms with E-state index >= 15 is 0 Å². The highest BCUT2D eigenvalue weighted by Gasteiger charge is 2.07. The Morgan fingerprint density at radius 1 is 1.47 bits per heavy atom. The number of hydrogen-bond acceptors (Lipinski definition) is 2. The first-order valence-electron chi connectivity index (χ1n) is 5.26. The van der Waals surface area contributed by atoms with Gasteiger partial charge in [0.1, 0.15) is 0 Å². The van der Waals surface area contributed by atoms with E-state index in [1.54, 1.807) is 0 Å². The molecule has 1 atom stereocenters. The molecule has 96 valence electrons. The molecule has 0 bridgehead atoms. The fraction of sp³-hybridized carbons (Fsp3) is 0.417. The number of amides is 1. The maximum absolute atomic E-state index is 11.8. The standard InChI is InChI=1S/C12H17IN2O.ClH/c1-8-4-5-10(6-11(8)13)12(16)15-7-9(2)14-3;/h4-6,9,14H,7H2,1-3H3,(H,15,16);1H. The molecular weight excluding hydrogens is 351 g/mol. The Balaban J connectivity index is 0.00000256. The SMILES string of the molecule is CNC(C)CNC(=O)c1ccc(C)c(I)c1.Cl. The van der Waals surface area contributed by atoms with Gasteiger partial charge in [0.15, 0.2) is 0 Å². The van der Waals surface area contributed by atoms with Crippen LogP contribution in [0, 0.1) is 10.5 Å². The van der Waals surface area contributed by atoms with Crippen LogP contribution in [-0.4, -0.2) is 25.5 Å². The van der Waals surface area contributed by atoms with Crippen molar-refractivity contribution in [2.75, 3.05) is 13.6 Å². The summed E-state index contributed by atoms with van der Waals surface area (Å²) >= 11 is 2.24. The van der Waals surface area contributed by atoms with Gasteiger partial charge in [-0.15, -0.1) is 12.4 Å². The van der Waals surface area contributed by atoms with E-state index in [9.17, 15) is 4.79 Å². The first-order valence-corrected chi connectivity index (χ1v) is 6.34. The molecule has 0 saturated carbocycles. The molecule has 3 nitrogen and oxygen atoms in total. The lowest BCUT2D eigenvalue weighted by Gasteiger charge is -2.11. The highest BCUT2D eigenvalue weighted by molar-refractivity contribution is 14.1. The Kier molecular flexibility index (Phi) is 7.74. The zero-order chi connectivity index (χ0) is 12.1. The summed E-state index contributed by atoms with van der Waals surface area (Å²) in [7, 11) is 1.88. The van der Waals surface area contributed by atoms with E-state index < -0.39 is 0 Å². The summed E-state index contributed by atoms with van der Waals surface area (Å²) in [6.45, 7) is 4.70. The molecule has 1 aromatic carbocycles. The average molecular weight is 369 g/mol. The fourth-order valence-electron chi connectivity index (χ4n) is 1.18. The highest BCUT2D eigenvalue weighted by atomic mass is 127. The molecule has 0 fully saturated rings. The number of hydrogen-bond donors (Lipinski definition) is 2. The third kappa shape index (κ3) is 5.23. The number of carbonyl (C=O) groups is 1. The maximum atomic E-state index is 11.8. The summed E-state index contributed by atoms with van der Waals surface area (Å²) < 4.78 is 1.12. The zero-order valence-electron chi connectivity index (χ0n) is 10.2. The van der Waals surface area contributed by atoms with Crippen molar-refractivity contribution in [1.82, 2.24) is 10.6 Å². The van der Waals surface area contributed by atoms with Crippen LogP contribution in [0.1, 0.15) is 22.8 Å². The molecule has 0 aliphatic carbocycles. The van der Waals surface area contributed by atoms with Crippen LogP contribution in [0.4, 0.5) is 0 Å². The van der Waals surface area contributed by atoms with Crippen molar-refractivity contribution in [3.8, 4) is 0 Å². The molecule has 0 aliphatic heterocycles. The summed E-state index contributed by atoms with van der Waals surface area (Å²) in [5.74, 6) is -0.0139. The van der Waals surface area contributed by atoms with E-state index in [0.29, 0.717) is 6.54 Å². The van der Waals surface area contributed by atoms with Crippen LogP contribution in [0.2, 0.25) is 0 Å². The normalized spacial score (nSPS) is 11.5. The Morgan fingerprint density at radius 3 is 2.65 bits per heavy atom. The molecule has 1 aromatic rings. The molecule has 0 spiro atoms. The molecule has 0 heterocycles. The van der Waals surface area contributed by atoms with Gasteiger partial charge in [0.25, 0.3) is 5.91 Å². The van der Waals surface area contributed by atoms with Crippen LogP contribution in [0.15, 0.2) is 18.2 Å². The Labute approximate surface area is 122 Å². The van der Waals surface area contributed by atoms with E-state index in [4.69, 9.17) is 0 Å².